The number of aryl methyl sites for hydroxylation is 1. The molecule has 0 bridgehead atoms. The van der Waals surface area contributed by atoms with Gasteiger partial charge in [-0.1, -0.05) is 48.0 Å². The summed E-state index contributed by atoms with van der Waals surface area (Å²) < 4.78 is 14.2. The van der Waals surface area contributed by atoms with Gasteiger partial charge in [-0.2, -0.15) is 0 Å². The Bertz CT molecular complexity index is 1030. The number of benzene rings is 2. The van der Waals surface area contributed by atoms with Crippen molar-refractivity contribution in [2.45, 2.75) is 25.8 Å². The maximum absolute atomic E-state index is 14.2. The first-order valence-electron chi connectivity index (χ1n) is 9.07. The normalized spacial score (nSPS) is 13.2. The molecular weight excluding hydrogens is 377 g/mol. The van der Waals surface area contributed by atoms with Crippen molar-refractivity contribution < 1.29 is 9.18 Å². The van der Waals surface area contributed by atoms with Crippen LogP contribution in [0.2, 0.25) is 5.02 Å². The summed E-state index contributed by atoms with van der Waals surface area (Å²) in [4.78, 5) is 17.0. The summed E-state index contributed by atoms with van der Waals surface area (Å²) in [7, 11) is 0. The second kappa shape index (κ2) is 7.60. The molecule has 1 aromatic heterocycles. The lowest BCUT2D eigenvalue weighted by Gasteiger charge is -2.13. The monoisotopic (exact) mass is 395 g/mol. The molecule has 142 valence electrons. The number of nitrogens with zero attached hydrogens (tertiary/aromatic N) is 1. The largest absolute Gasteiger partial charge is 0.347 e. The van der Waals surface area contributed by atoms with Crippen molar-refractivity contribution in [1.29, 1.82) is 0 Å². The summed E-state index contributed by atoms with van der Waals surface area (Å²) >= 11 is 6.17. The van der Waals surface area contributed by atoms with Crippen LogP contribution in [0.25, 0.3) is 0 Å². The minimum Gasteiger partial charge on any atom is -0.347 e. The Kier molecular flexibility index (Phi) is 5.01. The van der Waals surface area contributed by atoms with E-state index in [4.69, 9.17) is 11.6 Å². The van der Waals surface area contributed by atoms with Gasteiger partial charge in [-0.05, 0) is 54.7 Å². The van der Waals surface area contributed by atoms with Gasteiger partial charge in [0.05, 0.1) is 5.69 Å². The third-order valence-electron chi connectivity index (χ3n) is 4.86. The summed E-state index contributed by atoms with van der Waals surface area (Å²) in [6.07, 6.45) is 1.59. The van der Waals surface area contributed by atoms with E-state index >= 15 is 0 Å². The van der Waals surface area contributed by atoms with E-state index in [0.717, 1.165) is 12.8 Å². The average molecular weight is 396 g/mol. The highest BCUT2D eigenvalue weighted by atomic mass is 35.5. The van der Waals surface area contributed by atoms with E-state index in [1.807, 2.05) is 12.1 Å². The molecular formula is C22H19ClFN3O. The molecule has 0 radical (unpaired) electrons. The maximum atomic E-state index is 14.2. The molecule has 1 heterocycles. The van der Waals surface area contributed by atoms with Gasteiger partial charge in [0.1, 0.15) is 17.3 Å². The molecule has 0 unspecified atom stereocenters. The molecule has 0 spiro atoms. The number of nitrogens with one attached hydrogen (secondary N) is 2. The first kappa shape index (κ1) is 18.4. The van der Waals surface area contributed by atoms with Gasteiger partial charge < -0.3 is 10.6 Å². The number of carbonyl (C=O) groups is 1. The molecule has 1 amide bonds. The van der Waals surface area contributed by atoms with Crippen LogP contribution in [0.4, 0.5) is 15.9 Å². The zero-order valence-electron chi connectivity index (χ0n) is 15.3. The van der Waals surface area contributed by atoms with Crippen molar-refractivity contribution in [3.8, 4) is 0 Å². The van der Waals surface area contributed by atoms with Crippen LogP contribution in [0.3, 0.4) is 0 Å². The molecule has 2 N–H and O–H groups in total. The summed E-state index contributed by atoms with van der Waals surface area (Å²) in [5.74, 6) is -0.344. The third kappa shape index (κ3) is 3.85. The van der Waals surface area contributed by atoms with Gasteiger partial charge in [-0.3, -0.25) is 4.79 Å². The highest BCUT2D eigenvalue weighted by molar-refractivity contribution is 6.31. The number of carbonyl (C=O) groups excluding carboxylic acids is 1. The lowest BCUT2D eigenvalue weighted by molar-refractivity contribution is 0.0933. The fourth-order valence-electron chi connectivity index (χ4n) is 3.48. The van der Waals surface area contributed by atoms with E-state index in [0.29, 0.717) is 16.4 Å². The van der Waals surface area contributed by atoms with Crippen LogP contribution in [-0.4, -0.2) is 16.9 Å². The van der Waals surface area contributed by atoms with E-state index in [1.54, 1.807) is 31.2 Å². The van der Waals surface area contributed by atoms with Crippen molar-refractivity contribution in [3.05, 3.63) is 87.8 Å². The Morgan fingerprint density at radius 3 is 2.54 bits per heavy atom. The van der Waals surface area contributed by atoms with Crippen LogP contribution in [0, 0.1) is 12.7 Å². The van der Waals surface area contributed by atoms with Gasteiger partial charge in [-0.25, -0.2) is 9.37 Å². The summed E-state index contributed by atoms with van der Waals surface area (Å²) in [5.41, 5.74) is 3.51. The summed E-state index contributed by atoms with van der Waals surface area (Å²) in [5, 5.41) is 6.28. The molecule has 1 aliphatic rings. The van der Waals surface area contributed by atoms with Crippen LogP contribution < -0.4 is 10.6 Å². The van der Waals surface area contributed by atoms with Crippen molar-refractivity contribution in [3.63, 3.8) is 0 Å². The van der Waals surface area contributed by atoms with Crippen LogP contribution in [0.1, 0.15) is 27.2 Å². The Hall–Kier alpha value is -2.92. The van der Waals surface area contributed by atoms with Crippen LogP contribution in [0.15, 0.2) is 54.6 Å². The predicted molar refractivity (Wildman–Crippen MR) is 109 cm³/mol. The standard InChI is InChI=1S/C22H19ClFN3O/c1-13-5-4-8-18(21(13)24)26-20-12-16(23)11-19(27-20)22(28)25-17-9-14-6-2-3-7-15(14)10-17/h2-8,11-12,17H,9-10H2,1H3,(H,25,28)(H,26,27). The fourth-order valence-corrected chi connectivity index (χ4v) is 3.69. The Morgan fingerprint density at radius 2 is 1.82 bits per heavy atom. The second-order valence-corrected chi connectivity index (χ2v) is 7.40. The number of halogens is 2. The van der Waals surface area contributed by atoms with Crippen molar-refractivity contribution in [1.82, 2.24) is 10.3 Å². The molecule has 2 aromatic carbocycles. The van der Waals surface area contributed by atoms with Crippen LogP contribution in [-0.2, 0) is 12.8 Å². The first-order valence-corrected chi connectivity index (χ1v) is 9.45. The SMILES string of the molecule is Cc1cccc(Nc2cc(Cl)cc(C(=O)NC3Cc4ccccc4C3)n2)c1F. The number of aromatic nitrogens is 1. The molecule has 0 saturated carbocycles. The van der Waals surface area contributed by atoms with Crippen LogP contribution >= 0.6 is 11.6 Å². The zero-order valence-corrected chi connectivity index (χ0v) is 16.1. The van der Waals surface area contributed by atoms with E-state index in [9.17, 15) is 9.18 Å². The second-order valence-electron chi connectivity index (χ2n) is 6.96. The summed E-state index contributed by atoms with van der Waals surface area (Å²) in [6.45, 7) is 1.68. The molecule has 0 atom stereocenters. The van der Waals surface area contributed by atoms with Gasteiger partial charge in [0.2, 0.25) is 0 Å². The van der Waals surface area contributed by atoms with E-state index in [1.165, 1.54) is 17.2 Å². The molecule has 0 saturated heterocycles. The summed E-state index contributed by atoms with van der Waals surface area (Å²) in [6, 6.07) is 16.3. The van der Waals surface area contributed by atoms with Gasteiger partial charge in [0.15, 0.2) is 0 Å². The zero-order chi connectivity index (χ0) is 19.7. The van der Waals surface area contributed by atoms with Gasteiger partial charge >= 0.3 is 0 Å². The van der Waals surface area contributed by atoms with Crippen molar-refractivity contribution >= 4 is 29.0 Å². The molecule has 6 heteroatoms. The average Bonchev–Trinajstić information content (AvgIpc) is 3.07. The Morgan fingerprint density at radius 1 is 1.11 bits per heavy atom. The number of fused-ring (bicyclic) bond motifs is 1. The van der Waals surface area contributed by atoms with Gasteiger partial charge in [-0.15, -0.1) is 0 Å². The smallest absolute Gasteiger partial charge is 0.270 e. The molecule has 4 rings (SSSR count). The Balaban J connectivity index is 1.51. The molecule has 0 fully saturated rings. The molecule has 4 nitrogen and oxygen atoms in total. The minimum absolute atomic E-state index is 0.0244. The molecule has 28 heavy (non-hydrogen) atoms. The fraction of sp³-hybridized carbons (Fsp3) is 0.182. The maximum Gasteiger partial charge on any atom is 0.270 e. The number of hydrogen-bond donors (Lipinski definition) is 2. The van der Waals surface area contributed by atoms with Crippen molar-refractivity contribution in [2.24, 2.45) is 0 Å². The lowest BCUT2D eigenvalue weighted by atomic mass is 10.1. The minimum atomic E-state index is -0.362. The lowest BCUT2D eigenvalue weighted by Crippen LogP contribution is -2.35. The molecule has 3 aromatic rings. The van der Waals surface area contributed by atoms with Crippen molar-refractivity contribution in [2.75, 3.05) is 5.32 Å². The number of pyridine rings is 1. The number of rotatable bonds is 4. The molecule has 1 aliphatic carbocycles. The number of hydrogen-bond acceptors (Lipinski definition) is 3. The van der Waals surface area contributed by atoms with E-state index in [2.05, 4.69) is 27.8 Å². The highest BCUT2D eigenvalue weighted by Crippen LogP contribution is 2.25. The topological polar surface area (TPSA) is 54.0 Å². The van der Waals surface area contributed by atoms with Gasteiger partial charge in [0, 0.05) is 11.1 Å². The predicted octanol–water partition coefficient (Wildman–Crippen LogP) is 4.82. The number of anilines is 2. The van der Waals surface area contributed by atoms with E-state index in [-0.39, 0.29) is 29.1 Å². The van der Waals surface area contributed by atoms with E-state index < -0.39 is 0 Å². The van der Waals surface area contributed by atoms with Gasteiger partial charge in [0.25, 0.3) is 5.91 Å². The quantitative estimate of drug-likeness (QED) is 0.665. The Labute approximate surface area is 167 Å². The third-order valence-corrected chi connectivity index (χ3v) is 5.08. The van der Waals surface area contributed by atoms with Crippen LogP contribution in [0.5, 0.6) is 0 Å². The molecule has 0 aliphatic heterocycles. The number of amides is 1. The first-order chi connectivity index (χ1) is 13.5. The highest BCUT2D eigenvalue weighted by Gasteiger charge is 2.23.